The lowest BCUT2D eigenvalue weighted by atomic mass is 10.0. The molecule has 0 aliphatic carbocycles. The first kappa shape index (κ1) is 77.9. The van der Waals surface area contributed by atoms with E-state index in [0.717, 1.165) is 109 Å². The molecule has 0 N–H and O–H groups in total. The van der Waals surface area contributed by atoms with Crippen LogP contribution >= 0.6 is 0 Å². The summed E-state index contributed by atoms with van der Waals surface area (Å²) >= 11 is 0. The van der Waals surface area contributed by atoms with Gasteiger partial charge in [-0.15, -0.1) is 0 Å². The van der Waals surface area contributed by atoms with E-state index in [4.69, 9.17) is 14.2 Å². The molecule has 0 rings (SSSR count). The molecule has 1 atom stereocenters. The standard InChI is InChI=1S/C75H134O6/c1-4-7-10-13-16-19-22-25-28-30-31-32-33-34-35-36-37-38-39-40-41-42-43-44-45-46-48-50-53-56-59-62-65-68-74(77)80-71-72(70-79-73(76)67-64-61-58-55-52-49-27-24-21-18-15-12-9-6-3)81-75(78)69-66-63-60-57-54-51-47-29-26-23-20-17-14-11-8-5-2/h15,18,20,22-25,27,29-31,47,72H,4-14,16-17,19,21,26,28,32-46,48-71H2,1-3H3/b18-15-,23-20-,25-22-,27-24-,31-30-,47-29-. The Bertz CT molecular complexity index is 1490. The van der Waals surface area contributed by atoms with Gasteiger partial charge in [-0.3, -0.25) is 14.4 Å². The zero-order valence-electron chi connectivity index (χ0n) is 54.1. The van der Waals surface area contributed by atoms with Crippen LogP contribution < -0.4 is 0 Å². The Hall–Kier alpha value is -3.15. The van der Waals surface area contributed by atoms with Crippen molar-refractivity contribution in [2.75, 3.05) is 13.2 Å². The van der Waals surface area contributed by atoms with Crippen molar-refractivity contribution in [2.45, 2.75) is 374 Å². The average Bonchev–Trinajstić information content (AvgIpc) is 3.47. The van der Waals surface area contributed by atoms with Crippen molar-refractivity contribution in [3.63, 3.8) is 0 Å². The summed E-state index contributed by atoms with van der Waals surface area (Å²) < 4.78 is 16.9. The second-order valence-corrected chi connectivity index (χ2v) is 23.8. The summed E-state index contributed by atoms with van der Waals surface area (Å²) in [6, 6.07) is 0. The molecule has 0 aliphatic rings. The fourth-order valence-electron chi connectivity index (χ4n) is 10.3. The first-order valence-corrected chi connectivity index (χ1v) is 35.4. The SMILES string of the molecule is CCCC/C=C\C/C=C\CCCCCCCC(=O)OCC(COC(=O)CCCCCCCCCCCCCCCCCCCCCCC/C=C\C/C=C\CCCCCCC)OC(=O)CCCCCCC/C=C\C/C=C\CCCCCC. The van der Waals surface area contributed by atoms with E-state index in [9.17, 15) is 14.4 Å². The van der Waals surface area contributed by atoms with Crippen LogP contribution in [0.25, 0.3) is 0 Å². The molecular weight excluding hydrogens is 997 g/mol. The lowest BCUT2D eigenvalue weighted by molar-refractivity contribution is -0.167. The van der Waals surface area contributed by atoms with Gasteiger partial charge in [0.05, 0.1) is 0 Å². The van der Waals surface area contributed by atoms with Crippen LogP contribution in [0.3, 0.4) is 0 Å². The minimum Gasteiger partial charge on any atom is -0.462 e. The van der Waals surface area contributed by atoms with Crippen LogP contribution in [0.15, 0.2) is 72.9 Å². The van der Waals surface area contributed by atoms with Crippen molar-refractivity contribution >= 4 is 17.9 Å². The first-order chi connectivity index (χ1) is 40.0. The van der Waals surface area contributed by atoms with Gasteiger partial charge in [0.25, 0.3) is 0 Å². The quantitative estimate of drug-likeness (QED) is 0.0261. The van der Waals surface area contributed by atoms with Gasteiger partial charge in [-0.05, 0) is 109 Å². The van der Waals surface area contributed by atoms with E-state index < -0.39 is 6.10 Å². The number of hydrogen-bond donors (Lipinski definition) is 0. The molecular formula is C75H134O6. The van der Waals surface area contributed by atoms with Crippen molar-refractivity contribution in [1.82, 2.24) is 0 Å². The van der Waals surface area contributed by atoms with Gasteiger partial charge in [0.15, 0.2) is 6.10 Å². The van der Waals surface area contributed by atoms with Crippen molar-refractivity contribution in [3.8, 4) is 0 Å². The van der Waals surface area contributed by atoms with E-state index >= 15 is 0 Å². The Morgan fingerprint density at radius 2 is 0.457 bits per heavy atom. The Labute approximate surface area is 503 Å². The van der Waals surface area contributed by atoms with Crippen LogP contribution in [-0.2, 0) is 28.6 Å². The van der Waals surface area contributed by atoms with E-state index in [1.54, 1.807) is 0 Å². The summed E-state index contributed by atoms with van der Waals surface area (Å²) in [6.45, 7) is 6.59. The molecule has 0 heterocycles. The van der Waals surface area contributed by atoms with Crippen LogP contribution in [0.2, 0.25) is 0 Å². The highest BCUT2D eigenvalue weighted by molar-refractivity contribution is 5.71. The molecule has 0 amide bonds. The molecule has 6 heteroatoms. The summed E-state index contributed by atoms with van der Waals surface area (Å²) in [4.78, 5) is 38.4. The number of esters is 3. The Morgan fingerprint density at radius 1 is 0.247 bits per heavy atom. The van der Waals surface area contributed by atoms with Crippen LogP contribution in [0.5, 0.6) is 0 Å². The number of carbonyl (C=O) groups is 3. The van der Waals surface area contributed by atoms with E-state index in [1.807, 2.05) is 0 Å². The maximum Gasteiger partial charge on any atom is 0.306 e. The second-order valence-electron chi connectivity index (χ2n) is 23.8. The molecule has 0 saturated carbocycles. The van der Waals surface area contributed by atoms with E-state index in [-0.39, 0.29) is 31.1 Å². The van der Waals surface area contributed by atoms with Crippen LogP contribution in [-0.4, -0.2) is 37.2 Å². The Balaban J connectivity index is 4.15. The zero-order chi connectivity index (χ0) is 58.5. The maximum atomic E-state index is 12.9. The topological polar surface area (TPSA) is 78.9 Å². The van der Waals surface area contributed by atoms with E-state index in [2.05, 4.69) is 93.7 Å². The van der Waals surface area contributed by atoms with Crippen molar-refractivity contribution in [3.05, 3.63) is 72.9 Å². The third kappa shape index (κ3) is 67.5. The second kappa shape index (κ2) is 69.3. The largest absolute Gasteiger partial charge is 0.462 e. The first-order valence-electron chi connectivity index (χ1n) is 35.4. The monoisotopic (exact) mass is 1130 g/mol. The van der Waals surface area contributed by atoms with Crippen molar-refractivity contribution in [1.29, 1.82) is 0 Å². The number of carbonyl (C=O) groups excluding carboxylic acids is 3. The van der Waals surface area contributed by atoms with Crippen LogP contribution in [0.4, 0.5) is 0 Å². The highest BCUT2D eigenvalue weighted by Gasteiger charge is 2.19. The minimum absolute atomic E-state index is 0.0824. The van der Waals surface area contributed by atoms with Crippen LogP contribution in [0.1, 0.15) is 367 Å². The molecule has 0 aliphatic heterocycles. The summed E-state index contributed by atoms with van der Waals surface area (Å²) in [7, 11) is 0. The van der Waals surface area contributed by atoms with Gasteiger partial charge in [-0.1, -0.05) is 312 Å². The van der Waals surface area contributed by atoms with Gasteiger partial charge in [-0.25, -0.2) is 0 Å². The van der Waals surface area contributed by atoms with Gasteiger partial charge >= 0.3 is 17.9 Å². The molecule has 0 fully saturated rings. The fourth-order valence-corrected chi connectivity index (χ4v) is 10.3. The normalized spacial score (nSPS) is 12.5. The average molecular weight is 1130 g/mol. The van der Waals surface area contributed by atoms with Gasteiger partial charge < -0.3 is 14.2 Å². The molecule has 1 unspecified atom stereocenters. The Kier molecular flexibility index (Phi) is 66.6. The molecule has 0 aromatic rings. The predicted octanol–water partition coefficient (Wildman–Crippen LogP) is 24.4. The van der Waals surface area contributed by atoms with Gasteiger partial charge in [-0.2, -0.15) is 0 Å². The zero-order valence-corrected chi connectivity index (χ0v) is 54.1. The molecule has 0 spiro atoms. The third-order valence-electron chi connectivity index (χ3n) is 15.7. The molecule has 0 radical (unpaired) electrons. The van der Waals surface area contributed by atoms with Gasteiger partial charge in [0.2, 0.25) is 0 Å². The van der Waals surface area contributed by atoms with E-state index in [0.29, 0.717) is 19.3 Å². The third-order valence-corrected chi connectivity index (χ3v) is 15.7. The summed E-state index contributed by atoms with van der Waals surface area (Å²) in [6.07, 6.45) is 90.8. The molecule has 0 saturated heterocycles. The summed E-state index contributed by atoms with van der Waals surface area (Å²) in [5, 5.41) is 0. The van der Waals surface area contributed by atoms with Crippen molar-refractivity contribution in [2.24, 2.45) is 0 Å². The van der Waals surface area contributed by atoms with Crippen molar-refractivity contribution < 1.29 is 28.6 Å². The Morgan fingerprint density at radius 3 is 0.728 bits per heavy atom. The summed E-state index contributed by atoms with van der Waals surface area (Å²) in [5.74, 6) is -0.893. The number of rotatable bonds is 65. The minimum atomic E-state index is -0.788. The molecule has 0 aromatic carbocycles. The van der Waals surface area contributed by atoms with E-state index in [1.165, 1.54) is 218 Å². The number of unbranched alkanes of at least 4 members (excludes halogenated alkanes) is 42. The molecule has 0 bridgehead atoms. The lowest BCUT2D eigenvalue weighted by Crippen LogP contribution is -2.30. The predicted molar refractivity (Wildman–Crippen MR) is 353 cm³/mol. The molecule has 81 heavy (non-hydrogen) atoms. The molecule has 0 aromatic heterocycles. The number of hydrogen-bond acceptors (Lipinski definition) is 6. The van der Waals surface area contributed by atoms with Crippen LogP contribution in [0, 0.1) is 0 Å². The molecule has 470 valence electrons. The highest BCUT2D eigenvalue weighted by Crippen LogP contribution is 2.18. The fraction of sp³-hybridized carbons (Fsp3) is 0.800. The number of ether oxygens (including phenoxy) is 3. The maximum absolute atomic E-state index is 12.9. The van der Waals surface area contributed by atoms with Gasteiger partial charge in [0.1, 0.15) is 13.2 Å². The smallest absolute Gasteiger partial charge is 0.306 e. The summed E-state index contributed by atoms with van der Waals surface area (Å²) in [5.41, 5.74) is 0. The molecule has 6 nitrogen and oxygen atoms in total. The van der Waals surface area contributed by atoms with Gasteiger partial charge in [0, 0.05) is 19.3 Å². The number of allylic oxidation sites excluding steroid dienone is 12. The highest BCUT2D eigenvalue weighted by atomic mass is 16.6. The lowest BCUT2D eigenvalue weighted by Gasteiger charge is -2.18.